The van der Waals surface area contributed by atoms with Crippen LogP contribution in [0.3, 0.4) is 0 Å². The van der Waals surface area contributed by atoms with Gasteiger partial charge in [0.1, 0.15) is 5.44 Å². The Hall–Kier alpha value is -1.28. The van der Waals surface area contributed by atoms with E-state index < -0.39 is 41.7 Å². The quantitative estimate of drug-likeness (QED) is 0.548. The van der Waals surface area contributed by atoms with Gasteiger partial charge in [-0.25, -0.2) is 0 Å². The molecule has 0 bridgehead atoms. The molecule has 1 rings (SSSR count). The number of esters is 3. The molecule has 1 saturated heterocycles. The van der Waals surface area contributed by atoms with Gasteiger partial charge in [-0.05, 0) is 6.26 Å². The van der Waals surface area contributed by atoms with Crippen LogP contribution in [0.5, 0.6) is 0 Å². The van der Waals surface area contributed by atoms with Crippen molar-refractivity contribution in [3.63, 3.8) is 0 Å². The summed E-state index contributed by atoms with van der Waals surface area (Å²) in [6.45, 7) is 3.80. The smallest absolute Gasteiger partial charge is 0.303 e. The van der Waals surface area contributed by atoms with Gasteiger partial charge in [-0.2, -0.15) is 0 Å². The van der Waals surface area contributed by atoms with E-state index in [2.05, 4.69) is 0 Å². The lowest BCUT2D eigenvalue weighted by molar-refractivity contribution is -0.213. The lowest BCUT2D eigenvalue weighted by atomic mass is 10.1. The summed E-state index contributed by atoms with van der Waals surface area (Å²) in [5.74, 6) is -1.61. The minimum absolute atomic E-state index is 0.0702. The van der Waals surface area contributed by atoms with Crippen LogP contribution in [0.2, 0.25) is 0 Å². The molecule has 114 valence electrons. The average molecular weight is 306 g/mol. The van der Waals surface area contributed by atoms with E-state index in [4.69, 9.17) is 18.9 Å². The monoisotopic (exact) mass is 306 g/mol. The summed E-state index contributed by atoms with van der Waals surface area (Å²) in [5.41, 5.74) is -0.491. The molecule has 0 aromatic rings. The zero-order valence-electron chi connectivity index (χ0n) is 11.8. The summed E-state index contributed by atoms with van der Waals surface area (Å²) in [6, 6.07) is 0. The molecule has 4 atom stereocenters. The molecule has 0 N–H and O–H groups in total. The largest absolute Gasteiger partial charge is 0.456 e. The third-order valence-electron chi connectivity index (χ3n) is 2.54. The van der Waals surface area contributed by atoms with Crippen LogP contribution in [0.25, 0.3) is 0 Å². The highest BCUT2D eigenvalue weighted by Crippen LogP contribution is 2.29. The second-order valence-electron chi connectivity index (χ2n) is 4.23. The zero-order chi connectivity index (χ0) is 15.3. The van der Waals surface area contributed by atoms with E-state index in [0.717, 1.165) is 0 Å². The van der Waals surface area contributed by atoms with Gasteiger partial charge in [0.15, 0.2) is 18.3 Å². The Kier molecular flexibility index (Phi) is 6.28. The average Bonchev–Trinajstić information content (AvgIpc) is 2.31. The van der Waals surface area contributed by atoms with E-state index in [-0.39, 0.29) is 6.61 Å². The van der Waals surface area contributed by atoms with Crippen molar-refractivity contribution >= 4 is 29.7 Å². The molecular formula is C12H18O7S. The number of hydrogen-bond donors (Lipinski definition) is 0. The maximum atomic E-state index is 11.2. The van der Waals surface area contributed by atoms with Crippen molar-refractivity contribution in [2.75, 3.05) is 12.9 Å². The number of hydrogen-bond acceptors (Lipinski definition) is 8. The van der Waals surface area contributed by atoms with Crippen LogP contribution in [-0.4, -0.2) is 54.5 Å². The van der Waals surface area contributed by atoms with Crippen LogP contribution in [0, 0.1) is 0 Å². The van der Waals surface area contributed by atoms with Crippen molar-refractivity contribution in [2.45, 2.75) is 44.5 Å². The van der Waals surface area contributed by atoms with E-state index in [1.54, 1.807) is 6.26 Å². The number of carbonyl (C=O) groups is 3. The number of thioether (sulfide) groups is 1. The van der Waals surface area contributed by atoms with Gasteiger partial charge in [0.25, 0.3) is 0 Å². The standard InChI is InChI=1S/C12H18O7S/c1-6(13)17-9-5-16-12(20-4)11(19-8(3)15)10(9)18-7(2)14/h9-12H,5H2,1-4H3/t9-,10+,11-,12+/m1/s1. The molecule has 1 aliphatic heterocycles. The summed E-state index contributed by atoms with van der Waals surface area (Å²) >= 11 is 1.32. The van der Waals surface area contributed by atoms with Gasteiger partial charge >= 0.3 is 17.9 Å². The number of ether oxygens (including phenoxy) is 4. The topological polar surface area (TPSA) is 88.1 Å². The van der Waals surface area contributed by atoms with Crippen molar-refractivity contribution in [1.29, 1.82) is 0 Å². The molecule has 0 unspecified atom stereocenters. The van der Waals surface area contributed by atoms with Gasteiger partial charge in [-0.15, -0.1) is 11.8 Å². The molecule has 8 heteroatoms. The van der Waals surface area contributed by atoms with Crippen LogP contribution >= 0.6 is 11.8 Å². The van der Waals surface area contributed by atoms with E-state index in [1.165, 1.54) is 32.5 Å². The Balaban J connectivity index is 2.95. The van der Waals surface area contributed by atoms with Crippen LogP contribution in [0.1, 0.15) is 20.8 Å². The molecule has 20 heavy (non-hydrogen) atoms. The fourth-order valence-corrected chi connectivity index (χ4v) is 2.60. The first kappa shape index (κ1) is 16.8. The molecule has 0 saturated carbocycles. The fraction of sp³-hybridized carbons (Fsp3) is 0.750. The van der Waals surface area contributed by atoms with E-state index in [0.29, 0.717) is 0 Å². The molecule has 0 aromatic heterocycles. The van der Waals surface area contributed by atoms with Crippen molar-refractivity contribution in [1.82, 2.24) is 0 Å². The van der Waals surface area contributed by atoms with E-state index in [9.17, 15) is 14.4 Å². The molecule has 1 fully saturated rings. The molecule has 0 radical (unpaired) electrons. The third kappa shape index (κ3) is 4.68. The van der Waals surface area contributed by atoms with Crippen molar-refractivity contribution in [2.24, 2.45) is 0 Å². The first-order chi connectivity index (χ1) is 9.35. The van der Waals surface area contributed by atoms with Gasteiger partial charge in [-0.1, -0.05) is 0 Å². The van der Waals surface area contributed by atoms with E-state index >= 15 is 0 Å². The Morgan fingerprint density at radius 1 is 0.950 bits per heavy atom. The van der Waals surface area contributed by atoms with Gasteiger partial charge < -0.3 is 18.9 Å². The molecule has 0 amide bonds. The minimum Gasteiger partial charge on any atom is -0.456 e. The summed E-state index contributed by atoms with van der Waals surface area (Å²) in [7, 11) is 0. The summed E-state index contributed by atoms with van der Waals surface area (Å²) < 4.78 is 20.9. The second-order valence-corrected chi connectivity index (χ2v) is 5.17. The first-order valence-electron chi connectivity index (χ1n) is 6.01. The normalized spacial score (nSPS) is 29.4. The highest BCUT2D eigenvalue weighted by Gasteiger charge is 2.46. The van der Waals surface area contributed by atoms with Gasteiger partial charge in [0.05, 0.1) is 6.61 Å². The Labute approximate surface area is 121 Å². The molecule has 0 aliphatic carbocycles. The maximum absolute atomic E-state index is 11.2. The predicted molar refractivity (Wildman–Crippen MR) is 69.9 cm³/mol. The lowest BCUT2D eigenvalue weighted by Crippen LogP contribution is -2.56. The Morgan fingerprint density at radius 3 is 1.90 bits per heavy atom. The predicted octanol–water partition coefficient (Wildman–Crippen LogP) is 0.501. The number of carbonyl (C=O) groups excluding carboxylic acids is 3. The summed E-state index contributed by atoms with van der Waals surface area (Å²) in [4.78, 5) is 33.5. The first-order valence-corrected chi connectivity index (χ1v) is 7.30. The molecule has 0 spiro atoms. The summed E-state index contributed by atoms with van der Waals surface area (Å²) in [6.07, 6.45) is -0.738. The SMILES string of the molecule is CS[C@@H]1OC[C@@H](OC(C)=O)[C@H](OC(C)=O)[C@H]1OC(C)=O. The molecular weight excluding hydrogens is 288 g/mol. The lowest BCUT2D eigenvalue weighted by Gasteiger charge is -2.39. The minimum atomic E-state index is -0.883. The highest BCUT2D eigenvalue weighted by molar-refractivity contribution is 7.99. The molecule has 0 aromatic carbocycles. The van der Waals surface area contributed by atoms with Crippen LogP contribution in [0.15, 0.2) is 0 Å². The molecule has 1 heterocycles. The van der Waals surface area contributed by atoms with Crippen LogP contribution in [0.4, 0.5) is 0 Å². The second kappa shape index (κ2) is 7.49. The maximum Gasteiger partial charge on any atom is 0.303 e. The van der Waals surface area contributed by atoms with Gasteiger partial charge in [0, 0.05) is 20.8 Å². The van der Waals surface area contributed by atoms with Crippen molar-refractivity contribution in [3.8, 4) is 0 Å². The summed E-state index contributed by atoms with van der Waals surface area (Å²) in [5, 5.41) is 0. The molecule has 7 nitrogen and oxygen atoms in total. The van der Waals surface area contributed by atoms with Crippen molar-refractivity contribution in [3.05, 3.63) is 0 Å². The van der Waals surface area contributed by atoms with Gasteiger partial charge in [-0.3, -0.25) is 14.4 Å². The molecule has 1 aliphatic rings. The van der Waals surface area contributed by atoms with Crippen LogP contribution in [-0.2, 0) is 33.3 Å². The zero-order valence-corrected chi connectivity index (χ0v) is 12.6. The highest BCUT2D eigenvalue weighted by atomic mass is 32.2. The Morgan fingerprint density at radius 2 is 1.45 bits per heavy atom. The fourth-order valence-electron chi connectivity index (χ4n) is 1.91. The third-order valence-corrected chi connectivity index (χ3v) is 3.41. The Bertz CT molecular complexity index is 384. The van der Waals surface area contributed by atoms with Crippen LogP contribution < -0.4 is 0 Å². The van der Waals surface area contributed by atoms with Gasteiger partial charge in [0.2, 0.25) is 0 Å². The number of rotatable bonds is 4. The van der Waals surface area contributed by atoms with Crippen molar-refractivity contribution < 1.29 is 33.3 Å². The van der Waals surface area contributed by atoms with E-state index in [1.807, 2.05) is 0 Å².